The topological polar surface area (TPSA) is 140 Å². The first-order chi connectivity index (χ1) is 8.91. The minimum Gasteiger partial charge on any atom is -0.394 e. The van der Waals surface area contributed by atoms with Crippen LogP contribution in [0.2, 0.25) is 0 Å². The van der Waals surface area contributed by atoms with E-state index in [0.717, 1.165) is 4.57 Å². The average Bonchev–Trinajstić information content (AvgIpc) is 2.60. The zero-order valence-electron chi connectivity index (χ0n) is 10.1. The molecule has 1 aromatic heterocycles. The molecule has 1 aliphatic heterocycles. The lowest BCUT2D eigenvalue weighted by atomic mass is 9.94. The molecule has 9 heteroatoms. The van der Waals surface area contributed by atoms with E-state index in [0.29, 0.717) is 0 Å². The fourth-order valence-corrected chi connectivity index (χ4v) is 2.17. The number of nitrogens with zero attached hydrogens (tertiary/aromatic N) is 3. The molecule has 9 nitrogen and oxygen atoms in total. The van der Waals surface area contributed by atoms with Crippen molar-refractivity contribution in [1.29, 1.82) is 0 Å². The van der Waals surface area contributed by atoms with Gasteiger partial charge < -0.3 is 20.7 Å². The van der Waals surface area contributed by atoms with Gasteiger partial charge in [0.15, 0.2) is 12.3 Å². The van der Waals surface area contributed by atoms with Crippen molar-refractivity contribution in [2.24, 2.45) is 5.18 Å². The number of nitrogen functional groups attached to an aromatic ring is 1. The molecule has 1 aromatic rings. The Kier molecular flexibility index (Phi) is 3.35. The van der Waals surface area contributed by atoms with Gasteiger partial charge >= 0.3 is 5.69 Å². The number of nitrogens with two attached hydrogens (primary N) is 1. The Balaban J connectivity index is 2.45. The normalized spacial score (nSPS) is 34.4. The van der Waals surface area contributed by atoms with Crippen LogP contribution in [0.1, 0.15) is 13.2 Å². The molecule has 0 saturated carbocycles. The quantitative estimate of drug-likeness (QED) is 0.574. The molecule has 0 spiro atoms. The van der Waals surface area contributed by atoms with Crippen molar-refractivity contribution in [2.75, 3.05) is 12.3 Å². The Labute approximate surface area is 107 Å². The second kappa shape index (κ2) is 4.68. The molecule has 1 saturated heterocycles. The molecule has 2 heterocycles. The van der Waals surface area contributed by atoms with E-state index in [2.05, 4.69) is 10.2 Å². The van der Waals surface area contributed by atoms with E-state index in [-0.39, 0.29) is 5.82 Å². The SMILES string of the molecule is CC1(O)C(N=O)[C@@H](CO)O[C@H]1n1ccc(N)nc1=O. The van der Waals surface area contributed by atoms with Crippen molar-refractivity contribution in [2.45, 2.75) is 30.9 Å². The summed E-state index contributed by atoms with van der Waals surface area (Å²) in [5.74, 6) is 0.0302. The van der Waals surface area contributed by atoms with Crippen LogP contribution in [0.4, 0.5) is 5.82 Å². The third-order valence-electron chi connectivity index (χ3n) is 3.15. The Hall–Kier alpha value is -1.84. The minimum atomic E-state index is -1.74. The summed E-state index contributed by atoms with van der Waals surface area (Å²) in [7, 11) is 0. The number of nitroso groups, excluding NO2 is 1. The molecular weight excluding hydrogens is 256 g/mol. The first-order valence-corrected chi connectivity index (χ1v) is 5.57. The van der Waals surface area contributed by atoms with E-state index in [9.17, 15) is 14.8 Å². The zero-order chi connectivity index (χ0) is 14.2. The summed E-state index contributed by atoms with van der Waals surface area (Å²) in [6.45, 7) is 0.808. The largest absolute Gasteiger partial charge is 0.394 e. The first kappa shape index (κ1) is 13.6. The monoisotopic (exact) mass is 270 g/mol. The lowest BCUT2D eigenvalue weighted by Crippen LogP contribution is -2.45. The van der Waals surface area contributed by atoms with Crippen molar-refractivity contribution < 1.29 is 14.9 Å². The molecule has 19 heavy (non-hydrogen) atoms. The lowest BCUT2D eigenvalue weighted by molar-refractivity contribution is -0.0902. The minimum absolute atomic E-state index is 0.0302. The van der Waals surface area contributed by atoms with Gasteiger partial charge in [0.2, 0.25) is 0 Å². The maximum atomic E-state index is 11.7. The summed E-state index contributed by atoms with van der Waals surface area (Å²) >= 11 is 0. The van der Waals surface area contributed by atoms with E-state index < -0.39 is 36.3 Å². The number of aromatic nitrogens is 2. The molecule has 2 unspecified atom stereocenters. The van der Waals surface area contributed by atoms with Crippen LogP contribution in [0.15, 0.2) is 22.2 Å². The van der Waals surface area contributed by atoms with Gasteiger partial charge in [-0.3, -0.25) is 4.57 Å². The van der Waals surface area contributed by atoms with Gasteiger partial charge in [0.1, 0.15) is 17.5 Å². The van der Waals surface area contributed by atoms with Gasteiger partial charge in [-0.2, -0.15) is 9.89 Å². The summed E-state index contributed by atoms with van der Waals surface area (Å²) in [5.41, 5.74) is 2.90. The van der Waals surface area contributed by atoms with E-state index in [1.54, 1.807) is 0 Å². The molecule has 1 aliphatic rings. The summed E-state index contributed by atoms with van der Waals surface area (Å²) < 4.78 is 6.33. The van der Waals surface area contributed by atoms with Crippen LogP contribution in [0.3, 0.4) is 0 Å². The second-order valence-corrected chi connectivity index (χ2v) is 4.53. The van der Waals surface area contributed by atoms with Crippen molar-refractivity contribution in [3.05, 3.63) is 27.7 Å². The maximum Gasteiger partial charge on any atom is 0.351 e. The number of aliphatic hydroxyl groups excluding tert-OH is 1. The third kappa shape index (κ3) is 2.11. The predicted octanol–water partition coefficient (Wildman–Crippen LogP) is -1.40. The first-order valence-electron chi connectivity index (χ1n) is 5.57. The highest BCUT2D eigenvalue weighted by Crippen LogP contribution is 2.39. The van der Waals surface area contributed by atoms with Crippen LogP contribution in [-0.2, 0) is 4.74 Å². The standard InChI is InChI=1S/C10H14N4O5/c1-10(17)7(13-18)5(4-15)19-8(10)14-3-2-6(11)12-9(14)16/h2-3,5,7-8,15,17H,4H2,1H3,(H2,11,12,16)/t5-,7?,8-,10?/m1/s1. The van der Waals surface area contributed by atoms with E-state index in [1.807, 2.05) is 0 Å². The van der Waals surface area contributed by atoms with Crippen LogP contribution in [0.25, 0.3) is 0 Å². The summed E-state index contributed by atoms with van der Waals surface area (Å²) in [4.78, 5) is 26.0. The molecule has 104 valence electrons. The summed E-state index contributed by atoms with van der Waals surface area (Å²) in [5, 5.41) is 22.2. The highest BCUT2D eigenvalue weighted by Gasteiger charge is 2.55. The average molecular weight is 270 g/mol. The zero-order valence-corrected chi connectivity index (χ0v) is 10.1. The Morgan fingerprint density at radius 3 is 2.84 bits per heavy atom. The van der Waals surface area contributed by atoms with Gasteiger partial charge in [-0.1, -0.05) is 5.18 Å². The molecule has 0 aromatic carbocycles. The molecule has 0 radical (unpaired) electrons. The number of rotatable bonds is 3. The van der Waals surface area contributed by atoms with Gasteiger partial charge in [-0.15, -0.1) is 0 Å². The van der Waals surface area contributed by atoms with Crippen molar-refractivity contribution in [3.63, 3.8) is 0 Å². The van der Waals surface area contributed by atoms with Gasteiger partial charge in [0, 0.05) is 6.20 Å². The number of anilines is 1. The second-order valence-electron chi connectivity index (χ2n) is 4.53. The molecule has 0 amide bonds. The number of hydrogen-bond acceptors (Lipinski definition) is 8. The van der Waals surface area contributed by atoms with Gasteiger partial charge in [-0.05, 0) is 13.0 Å². The molecule has 4 atom stereocenters. The summed E-state index contributed by atoms with van der Waals surface area (Å²) in [6.07, 6.45) is -0.860. The fraction of sp³-hybridized carbons (Fsp3) is 0.600. The number of ether oxygens (including phenoxy) is 1. The summed E-state index contributed by atoms with van der Waals surface area (Å²) in [6, 6.07) is 0.170. The van der Waals surface area contributed by atoms with E-state index in [1.165, 1.54) is 19.2 Å². The maximum absolute atomic E-state index is 11.7. The Morgan fingerprint density at radius 1 is 1.68 bits per heavy atom. The Morgan fingerprint density at radius 2 is 2.37 bits per heavy atom. The fourth-order valence-electron chi connectivity index (χ4n) is 2.17. The third-order valence-corrected chi connectivity index (χ3v) is 3.15. The highest BCUT2D eigenvalue weighted by atomic mass is 16.6. The molecule has 1 fully saturated rings. The van der Waals surface area contributed by atoms with E-state index in [4.69, 9.17) is 15.6 Å². The van der Waals surface area contributed by atoms with Crippen LogP contribution in [0.5, 0.6) is 0 Å². The molecule has 0 bridgehead atoms. The number of hydrogen-bond donors (Lipinski definition) is 3. The van der Waals surface area contributed by atoms with Gasteiger partial charge in [-0.25, -0.2) is 4.79 Å². The highest BCUT2D eigenvalue weighted by molar-refractivity contribution is 5.24. The molecular formula is C10H14N4O5. The van der Waals surface area contributed by atoms with Crippen LogP contribution < -0.4 is 11.4 Å². The van der Waals surface area contributed by atoms with Crippen molar-refractivity contribution in [1.82, 2.24) is 9.55 Å². The molecule has 0 aliphatic carbocycles. The van der Waals surface area contributed by atoms with Crippen molar-refractivity contribution in [3.8, 4) is 0 Å². The lowest BCUT2D eigenvalue weighted by Gasteiger charge is -2.26. The Bertz CT molecular complexity index is 543. The van der Waals surface area contributed by atoms with Crippen LogP contribution >= 0.6 is 0 Å². The molecule has 2 rings (SSSR count). The number of aliphatic hydroxyl groups is 2. The molecule has 4 N–H and O–H groups in total. The van der Waals surface area contributed by atoms with Crippen molar-refractivity contribution >= 4 is 5.82 Å². The van der Waals surface area contributed by atoms with Gasteiger partial charge in [0.25, 0.3) is 0 Å². The van der Waals surface area contributed by atoms with E-state index >= 15 is 0 Å². The van der Waals surface area contributed by atoms with Crippen LogP contribution in [-0.4, -0.2) is 44.1 Å². The smallest absolute Gasteiger partial charge is 0.351 e. The predicted molar refractivity (Wildman–Crippen MR) is 64.1 cm³/mol. The van der Waals surface area contributed by atoms with Crippen LogP contribution in [0, 0.1) is 4.91 Å². The van der Waals surface area contributed by atoms with Gasteiger partial charge in [0.05, 0.1) is 6.61 Å².